The highest BCUT2D eigenvalue weighted by atomic mass is 32.2. The number of thioether (sulfide) groups is 1. The quantitative estimate of drug-likeness (QED) is 0.687. The van der Waals surface area contributed by atoms with E-state index < -0.39 is 10.1 Å². The van der Waals surface area contributed by atoms with Gasteiger partial charge in [-0.1, -0.05) is 48.2 Å². The summed E-state index contributed by atoms with van der Waals surface area (Å²) in [7, 11) is -1.80. The van der Waals surface area contributed by atoms with Gasteiger partial charge >= 0.3 is 10.1 Å². The van der Waals surface area contributed by atoms with Crippen LogP contribution in [0.15, 0.2) is 53.4 Å². The number of nitrogens with zero attached hydrogens (tertiary/aromatic N) is 1. The number of anilines is 1. The maximum absolute atomic E-state index is 12.5. The molecule has 5 nitrogen and oxygen atoms in total. The molecule has 0 radical (unpaired) electrons. The highest BCUT2D eigenvalue weighted by molar-refractivity contribution is 8.00. The van der Waals surface area contributed by atoms with E-state index in [4.69, 9.17) is 8.92 Å². The van der Waals surface area contributed by atoms with Crippen LogP contribution in [-0.2, 0) is 20.6 Å². The van der Waals surface area contributed by atoms with E-state index >= 15 is 0 Å². The van der Waals surface area contributed by atoms with Crippen molar-refractivity contribution in [3.8, 4) is 5.75 Å². The third-order valence-corrected chi connectivity index (χ3v) is 6.31. The predicted octanol–water partition coefficient (Wildman–Crippen LogP) is 3.50. The van der Waals surface area contributed by atoms with Gasteiger partial charge in [0.25, 0.3) is 0 Å². The predicted molar refractivity (Wildman–Crippen MR) is 101 cm³/mol. The molecule has 0 bridgehead atoms. The van der Waals surface area contributed by atoms with Gasteiger partial charge in [0.1, 0.15) is 11.1 Å². The standard InChI is InChI=1S/C18H21NO4S2/c1-3-22-12-17-19(2)18-15(10-7-11-16(18)24-17)23-25(20,21)13-14-8-5-4-6-9-14/h4-11,17H,3,12-13H2,1-2H3. The molecule has 3 rings (SSSR count). The molecule has 1 heterocycles. The molecule has 1 aliphatic heterocycles. The number of ether oxygens (including phenoxy) is 1. The molecule has 1 atom stereocenters. The first-order valence-corrected chi connectivity index (χ1v) is 10.5. The minimum atomic E-state index is -3.73. The monoisotopic (exact) mass is 379 g/mol. The Labute approximate surface area is 153 Å². The highest BCUT2D eigenvalue weighted by Gasteiger charge is 2.31. The van der Waals surface area contributed by atoms with Gasteiger partial charge in [-0.2, -0.15) is 8.42 Å². The van der Waals surface area contributed by atoms with Gasteiger partial charge in [-0.05, 0) is 24.6 Å². The van der Waals surface area contributed by atoms with Gasteiger partial charge in [0.05, 0.1) is 12.3 Å². The fraction of sp³-hybridized carbons (Fsp3) is 0.333. The van der Waals surface area contributed by atoms with Crippen LogP contribution >= 0.6 is 11.8 Å². The number of rotatable bonds is 7. The van der Waals surface area contributed by atoms with Crippen LogP contribution in [0.25, 0.3) is 0 Å². The summed E-state index contributed by atoms with van der Waals surface area (Å²) in [6, 6.07) is 14.5. The molecule has 0 fully saturated rings. The number of likely N-dealkylation sites (N-methyl/N-ethyl adjacent to an activating group) is 1. The zero-order chi connectivity index (χ0) is 17.9. The second-order valence-corrected chi connectivity index (χ2v) is 8.51. The SMILES string of the molecule is CCOCC1Sc2cccc(OS(=O)(=O)Cc3ccccc3)c2N1C. The van der Waals surface area contributed by atoms with Crippen LogP contribution in [0.1, 0.15) is 12.5 Å². The fourth-order valence-corrected chi connectivity index (χ4v) is 4.99. The highest BCUT2D eigenvalue weighted by Crippen LogP contribution is 2.48. The molecule has 25 heavy (non-hydrogen) atoms. The third kappa shape index (κ3) is 4.29. The summed E-state index contributed by atoms with van der Waals surface area (Å²) in [5, 5.41) is 0.108. The first-order chi connectivity index (χ1) is 12.0. The van der Waals surface area contributed by atoms with Crippen LogP contribution in [0.3, 0.4) is 0 Å². The average Bonchev–Trinajstić information content (AvgIpc) is 2.90. The Bertz CT molecular complexity index is 824. The molecule has 2 aromatic rings. The molecule has 134 valence electrons. The molecule has 0 aliphatic carbocycles. The van der Waals surface area contributed by atoms with E-state index in [2.05, 4.69) is 0 Å². The van der Waals surface area contributed by atoms with Crippen LogP contribution in [-0.4, -0.2) is 34.1 Å². The second-order valence-electron chi connectivity index (χ2n) is 5.72. The summed E-state index contributed by atoms with van der Waals surface area (Å²) in [5.41, 5.74) is 1.50. The molecule has 7 heteroatoms. The molecule has 0 saturated heterocycles. The summed E-state index contributed by atoms with van der Waals surface area (Å²) in [4.78, 5) is 3.02. The number of para-hydroxylation sites is 1. The number of hydrogen-bond acceptors (Lipinski definition) is 6. The summed E-state index contributed by atoms with van der Waals surface area (Å²) in [5.74, 6) is 0.207. The fourth-order valence-electron chi connectivity index (χ4n) is 2.69. The van der Waals surface area contributed by atoms with Gasteiger partial charge < -0.3 is 13.8 Å². The Morgan fingerprint density at radius 1 is 1.12 bits per heavy atom. The molecular formula is C18H21NO4S2. The Morgan fingerprint density at radius 2 is 1.88 bits per heavy atom. The van der Waals surface area contributed by atoms with Crippen LogP contribution in [0.5, 0.6) is 5.75 Å². The van der Waals surface area contributed by atoms with E-state index in [1.165, 1.54) is 0 Å². The molecule has 0 saturated carbocycles. The van der Waals surface area contributed by atoms with E-state index in [1.54, 1.807) is 30.0 Å². The average molecular weight is 380 g/mol. The van der Waals surface area contributed by atoms with Crippen molar-refractivity contribution in [2.75, 3.05) is 25.2 Å². The first-order valence-electron chi connectivity index (χ1n) is 8.06. The summed E-state index contributed by atoms with van der Waals surface area (Å²) in [6.45, 7) is 3.18. The van der Waals surface area contributed by atoms with Crippen LogP contribution in [0, 0.1) is 0 Å². The zero-order valence-electron chi connectivity index (χ0n) is 14.2. The molecule has 0 N–H and O–H groups in total. The van der Waals surface area contributed by atoms with Crippen molar-refractivity contribution in [2.24, 2.45) is 0 Å². The summed E-state index contributed by atoms with van der Waals surface area (Å²) < 4.78 is 35.9. The maximum Gasteiger partial charge on any atom is 0.313 e. The molecule has 0 spiro atoms. The number of fused-ring (bicyclic) bond motifs is 1. The molecular weight excluding hydrogens is 358 g/mol. The lowest BCUT2D eigenvalue weighted by Crippen LogP contribution is -2.29. The summed E-state index contributed by atoms with van der Waals surface area (Å²) >= 11 is 1.65. The molecule has 1 aliphatic rings. The summed E-state index contributed by atoms with van der Waals surface area (Å²) in [6.07, 6.45) is 0. The Morgan fingerprint density at radius 3 is 2.60 bits per heavy atom. The van der Waals surface area contributed by atoms with E-state index in [-0.39, 0.29) is 11.1 Å². The Balaban J connectivity index is 1.80. The van der Waals surface area contributed by atoms with Gasteiger partial charge in [-0.15, -0.1) is 0 Å². The van der Waals surface area contributed by atoms with Crippen molar-refractivity contribution in [3.05, 3.63) is 54.1 Å². The first kappa shape index (κ1) is 18.1. The van der Waals surface area contributed by atoms with Crippen molar-refractivity contribution in [2.45, 2.75) is 22.9 Å². The Kier molecular flexibility index (Phi) is 5.56. The van der Waals surface area contributed by atoms with Crippen LogP contribution < -0.4 is 9.08 Å². The lowest BCUT2D eigenvalue weighted by atomic mass is 10.2. The molecule has 0 amide bonds. The lowest BCUT2D eigenvalue weighted by molar-refractivity contribution is 0.149. The topological polar surface area (TPSA) is 55.8 Å². The maximum atomic E-state index is 12.5. The van der Waals surface area contributed by atoms with E-state index in [0.29, 0.717) is 24.5 Å². The largest absolute Gasteiger partial charge is 0.380 e. The second kappa shape index (κ2) is 7.68. The van der Waals surface area contributed by atoms with Gasteiger partial charge in [0.15, 0.2) is 5.75 Å². The molecule has 2 aromatic carbocycles. The van der Waals surface area contributed by atoms with Gasteiger partial charge in [-0.3, -0.25) is 0 Å². The van der Waals surface area contributed by atoms with Gasteiger partial charge in [0.2, 0.25) is 0 Å². The van der Waals surface area contributed by atoms with Gasteiger partial charge in [-0.25, -0.2) is 0 Å². The van der Waals surface area contributed by atoms with Crippen LogP contribution in [0.4, 0.5) is 5.69 Å². The molecule has 1 unspecified atom stereocenters. The molecule has 0 aromatic heterocycles. The lowest BCUT2D eigenvalue weighted by Gasteiger charge is -2.22. The van der Waals surface area contributed by atoms with Crippen LogP contribution in [0.2, 0.25) is 0 Å². The van der Waals surface area contributed by atoms with E-state index in [1.807, 2.05) is 49.2 Å². The van der Waals surface area contributed by atoms with Crippen molar-refractivity contribution in [3.63, 3.8) is 0 Å². The Hall–Kier alpha value is -1.70. The zero-order valence-corrected chi connectivity index (χ0v) is 15.8. The number of benzene rings is 2. The smallest absolute Gasteiger partial charge is 0.313 e. The van der Waals surface area contributed by atoms with Gasteiger partial charge in [0, 0.05) is 18.6 Å². The minimum Gasteiger partial charge on any atom is -0.380 e. The van der Waals surface area contributed by atoms with Crippen molar-refractivity contribution in [1.29, 1.82) is 0 Å². The van der Waals surface area contributed by atoms with E-state index in [9.17, 15) is 8.42 Å². The van der Waals surface area contributed by atoms with Crippen molar-refractivity contribution < 1.29 is 17.3 Å². The van der Waals surface area contributed by atoms with Crippen molar-refractivity contribution >= 4 is 27.6 Å². The van der Waals surface area contributed by atoms with Crippen molar-refractivity contribution in [1.82, 2.24) is 0 Å². The minimum absolute atomic E-state index is 0.108. The number of hydrogen-bond donors (Lipinski definition) is 0. The third-order valence-electron chi connectivity index (χ3n) is 3.88. The van der Waals surface area contributed by atoms with E-state index in [0.717, 1.165) is 10.6 Å². The normalized spacial score (nSPS) is 16.7.